The van der Waals surface area contributed by atoms with Crippen LogP contribution in [0.2, 0.25) is 5.02 Å². The Hall–Kier alpha value is -1.27. The largest absolute Gasteiger partial charge is 0.396 e. The van der Waals surface area contributed by atoms with Gasteiger partial charge in [0.2, 0.25) is 0 Å². The molecule has 1 aromatic rings. The lowest BCUT2D eigenvalue weighted by Gasteiger charge is -2.01. The van der Waals surface area contributed by atoms with Crippen molar-refractivity contribution in [3.63, 3.8) is 0 Å². The van der Waals surface area contributed by atoms with E-state index in [1.807, 2.05) is 6.07 Å². The van der Waals surface area contributed by atoms with Crippen LogP contribution >= 0.6 is 11.6 Å². The molecule has 2 nitrogen and oxygen atoms in total. The molecule has 0 saturated heterocycles. The summed E-state index contributed by atoms with van der Waals surface area (Å²) in [7, 11) is 0. The molecule has 0 heterocycles. The fourth-order valence-electron chi connectivity index (χ4n) is 0.883. The van der Waals surface area contributed by atoms with Gasteiger partial charge < -0.3 is 5.73 Å². The van der Waals surface area contributed by atoms with Crippen molar-refractivity contribution < 1.29 is 4.39 Å². The van der Waals surface area contributed by atoms with E-state index in [4.69, 9.17) is 22.6 Å². The number of hydrogen-bond acceptors (Lipinski definition) is 2. The molecule has 0 aliphatic rings. The highest BCUT2D eigenvalue weighted by molar-refractivity contribution is 6.30. The van der Waals surface area contributed by atoms with Crippen LogP contribution in [-0.2, 0) is 6.42 Å². The zero-order chi connectivity index (χ0) is 9.14. The Balaban J connectivity index is 3.20. The maximum Gasteiger partial charge on any atom is 0.150 e. The molecule has 0 aromatic heterocycles. The van der Waals surface area contributed by atoms with Crippen LogP contribution in [0.4, 0.5) is 10.1 Å². The molecular formula is C8H6ClFN2. The Labute approximate surface area is 74.4 Å². The molecule has 0 radical (unpaired) electrons. The smallest absolute Gasteiger partial charge is 0.150 e. The van der Waals surface area contributed by atoms with Crippen molar-refractivity contribution in [2.45, 2.75) is 6.42 Å². The van der Waals surface area contributed by atoms with Gasteiger partial charge in [-0.2, -0.15) is 5.26 Å². The van der Waals surface area contributed by atoms with E-state index < -0.39 is 5.82 Å². The third kappa shape index (κ3) is 1.66. The van der Waals surface area contributed by atoms with E-state index in [1.54, 1.807) is 0 Å². The number of benzene rings is 1. The van der Waals surface area contributed by atoms with Gasteiger partial charge in [-0.3, -0.25) is 0 Å². The van der Waals surface area contributed by atoms with Gasteiger partial charge in [0.1, 0.15) is 5.82 Å². The first-order valence-electron chi connectivity index (χ1n) is 3.25. The summed E-state index contributed by atoms with van der Waals surface area (Å²) < 4.78 is 13.0. The highest BCUT2D eigenvalue weighted by atomic mass is 35.5. The zero-order valence-electron chi connectivity index (χ0n) is 6.14. The zero-order valence-corrected chi connectivity index (χ0v) is 6.90. The highest BCUT2D eigenvalue weighted by Crippen LogP contribution is 2.21. The first kappa shape index (κ1) is 8.82. The van der Waals surface area contributed by atoms with Crippen molar-refractivity contribution >= 4 is 17.3 Å². The lowest BCUT2D eigenvalue weighted by Crippen LogP contribution is -1.96. The summed E-state index contributed by atoms with van der Waals surface area (Å²) in [4.78, 5) is 0. The van der Waals surface area contributed by atoms with E-state index in [1.165, 1.54) is 12.1 Å². The number of halogens is 2. The van der Waals surface area contributed by atoms with Crippen LogP contribution in [-0.4, -0.2) is 0 Å². The number of hydrogen-bond donors (Lipinski definition) is 1. The number of nitrogens with two attached hydrogens (primary N) is 1. The third-order valence-electron chi connectivity index (χ3n) is 1.41. The molecule has 0 spiro atoms. The second-order valence-electron chi connectivity index (χ2n) is 2.30. The molecule has 0 bridgehead atoms. The number of rotatable bonds is 1. The molecule has 2 N–H and O–H groups in total. The normalized spacial score (nSPS) is 9.42. The fourth-order valence-corrected chi connectivity index (χ4v) is 1.13. The lowest BCUT2D eigenvalue weighted by atomic mass is 10.1. The van der Waals surface area contributed by atoms with Crippen molar-refractivity contribution in [1.82, 2.24) is 0 Å². The van der Waals surface area contributed by atoms with Gasteiger partial charge in [-0.05, 0) is 12.1 Å². The van der Waals surface area contributed by atoms with Crippen LogP contribution < -0.4 is 5.73 Å². The summed E-state index contributed by atoms with van der Waals surface area (Å²) in [6, 6.07) is 4.54. The Bertz CT molecular complexity index is 344. The minimum absolute atomic E-state index is 0.0173. The van der Waals surface area contributed by atoms with E-state index in [2.05, 4.69) is 0 Å². The maximum atomic E-state index is 13.0. The summed E-state index contributed by atoms with van der Waals surface area (Å²) >= 11 is 5.60. The van der Waals surface area contributed by atoms with Crippen molar-refractivity contribution in [3.8, 4) is 6.07 Å². The minimum atomic E-state index is -0.555. The number of nitrogens with zero attached hydrogens (tertiary/aromatic N) is 1. The fraction of sp³-hybridized carbons (Fsp3) is 0.125. The molecule has 0 aliphatic heterocycles. The van der Waals surface area contributed by atoms with Gasteiger partial charge in [0.15, 0.2) is 0 Å². The van der Waals surface area contributed by atoms with E-state index in [9.17, 15) is 4.39 Å². The standard InChI is InChI=1S/C8H6ClFN2/c9-6-3-5(1-2-11)8(10)7(12)4-6/h3-4H,1,12H2. The molecule has 0 fully saturated rings. The number of nitriles is 1. The van der Waals surface area contributed by atoms with Gasteiger partial charge >= 0.3 is 0 Å². The topological polar surface area (TPSA) is 49.8 Å². The summed E-state index contributed by atoms with van der Waals surface area (Å²) in [6.45, 7) is 0. The first-order valence-corrected chi connectivity index (χ1v) is 3.63. The van der Waals surface area contributed by atoms with E-state index in [-0.39, 0.29) is 17.7 Å². The van der Waals surface area contributed by atoms with Gasteiger partial charge in [-0.15, -0.1) is 0 Å². The molecule has 12 heavy (non-hydrogen) atoms. The van der Waals surface area contributed by atoms with Crippen LogP contribution in [0.1, 0.15) is 5.56 Å². The van der Waals surface area contributed by atoms with Crippen LogP contribution in [0.25, 0.3) is 0 Å². The Morgan fingerprint density at radius 1 is 1.58 bits per heavy atom. The van der Waals surface area contributed by atoms with E-state index in [0.717, 1.165) is 0 Å². The third-order valence-corrected chi connectivity index (χ3v) is 1.63. The van der Waals surface area contributed by atoms with Crippen LogP contribution in [0.3, 0.4) is 0 Å². The number of anilines is 1. The second-order valence-corrected chi connectivity index (χ2v) is 2.74. The molecule has 62 valence electrons. The molecule has 0 atom stereocenters. The van der Waals surface area contributed by atoms with E-state index >= 15 is 0 Å². The summed E-state index contributed by atoms with van der Waals surface area (Å²) in [5.41, 5.74) is 5.50. The molecule has 0 aliphatic carbocycles. The average molecular weight is 185 g/mol. The monoisotopic (exact) mass is 184 g/mol. The number of nitrogen functional groups attached to an aromatic ring is 1. The quantitative estimate of drug-likeness (QED) is 0.680. The molecular weight excluding hydrogens is 179 g/mol. The second kappa shape index (κ2) is 3.42. The maximum absolute atomic E-state index is 13.0. The average Bonchev–Trinajstić information content (AvgIpc) is 2.00. The molecule has 1 rings (SSSR count). The summed E-state index contributed by atoms with van der Waals surface area (Å²) in [5, 5.41) is 8.67. The van der Waals surface area contributed by atoms with Gasteiger partial charge in [0.05, 0.1) is 18.2 Å². The Kier molecular flexibility index (Phi) is 2.51. The Morgan fingerprint density at radius 3 is 2.83 bits per heavy atom. The minimum Gasteiger partial charge on any atom is -0.396 e. The van der Waals surface area contributed by atoms with Crippen LogP contribution in [0.5, 0.6) is 0 Å². The predicted molar refractivity (Wildman–Crippen MR) is 45.1 cm³/mol. The van der Waals surface area contributed by atoms with Gasteiger partial charge in [0.25, 0.3) is 0 Å². The molecule has 4 heteroatoms. The first-order chi connectivity index (χ1) is 5.65. The van der Waals surface area contributed by atoms with Gasteiger partial charge in [-0.25, -0.2) is 4.39 Å². The molecule has 0 saturated carbocycles. The van der Waals surface area contributed by atoms with Crippen molar-refractivity contribution in [2.75, 3.05) is 5.73 Å². The molecule has 1 aromatic carbocycles. The van der Waals surface area contributed by atoms with Crippen LogP contribution in [0, 0.1) is 17.1 Å². The molecule has 0 unspecified atom stereocenters. The lowest BCUT2D eigenvalue weighted by molar-refractivity contribution is 0.620. The SMILES string of the molecule is N#CCc1cc(Cl)cc(N)c1F. The Morgan fingerprint density at radius 2 is 2.25 bits per heavy atom. The molecule has 0 amide bonds. The van der Waals surface area contributed by atoms with E-state index in [0.29, 0.717) is 5.02 Å². The van der Waals surface area contributed by atoms with Crippen molar-refractivity contribution in [1.29, 1.82) is 5.26 Å². The van der Waals surface area contributed by atoms with Crippen LogP contribution in [0.15, 0.2) is 12.1 Å². The van der Waals surface area contributed by atoms with Gasteiger partial charge in [0, 0.05) is 10.6 Å². The van der Waals surface area contributed by atoms with Crippen molar-refractivity contribution in [2.24, 2.45) is 0 Å². The van der Waals surface area contributed by atoms with Crippen molar-refractivity contribution in [3.05, 3.63) is 28.5 Å². The summed E-state index contributed by atoms with van der Waals surface area (Å²) in [5.74, 6) is -0.555. The summed E-state index contributed by atoms with van der Waals surface area (Å²) in [6.07, 6.45) is -0.0173. The highest BCUT2D eigenvalue weighted by Gasteiger charge is 2.06. The predicted octanol–water partition coefficient (Wildman–Crippen LogP) is 2.13. The van der Waals surface area contributed by atoms with Gasteiger partial charge in [-0.1, -0.05) is 11.6 Å².